The highest BCUT2D eigenvalue weighted by molar-refractivity contribution is 7.94. The first-order valence-electron chi connectivity index (χ1n) is 4.91. The van der Waals surface area contributed by atoms with Gasteiger partial charge in [-0.05, 0) is 36.5 Å². The quantitative estimate of drug-likeness (QED) is 0.620. The summed E-state index contributed by atoms with van der Waals surface area (Å²) in [5.74, 6) is 0.863. The number of benzene rings is 1. The van der Waals surface area contributed by atoms with Crippen LogP contribution in [0.4, 0.5) is 11.4 Å². The van der Waals surface area contributed by atoms with Gasteiger partial charge in [0.25, 0.3) is 0 Å². The second kappa shape index (κ2) is 5.38. The molecule has 4 nitrogen and oxygen atoms in total. The Hall–Kier alpha value is -0.980. The zero-order valence-electron chi connectivity index (χ0n) is 8.68. The summed E-state index contributed by atoms with van der Waals surface area (Å²) >= 11 is 6.25. The molecule has 0 radical (unpaired) electrons. The molecule has 1 aromatic carbocycles. The lowest BCUT2D eigenvalue weighted by molar-refractivity contribution is 0.367. The van der Waals surface area contributed by atoms with Gasteiger partial charge < -0.3 is 20.1 Å². The monoisotopic (exact) mass is 255 g/mol. The average molecular weight is 255 g/mol. The van der Waals surface area contributed by atoms with Crippen LogP contribution in [0, 0.1) is 0 Å². The Bertz CT molecular complexity index is 363. The fraction of sp³-hybridized carbons (Fsp3) is 0.300. The van der Waals surface area contributed by atoms with Crippen LogP contribution >= 0.6 is 24.3 Å². The second-order valence-corrected chi connectivity index (χ2v) is 4.54. The van der Waals surface area contributed by atoms with Crippen molar-refractivity contribution in [3.05, 3.63) is 24.3 Å². The van der Waals surface area contributed by atoms with Gasteiger partial charge in [0.15, 0.2) is 5.11 Å². The Labute approximate surface area is 104 Å². The largest absolute Gasteiger partial charge is 0.376 e. The van der Waals surface area contributed by atoms with Crippen molar-refractivity contribution in [1.82, 2.24) is 0 Å². The highest BCUT2D eigenvalue weighted by Gasteiger charge is 2.11. The second-order valence-electron chi connectivity index (χ2n) is 3.37. The minimum atomic E-state index is 0.287. The van der Waals surface area contributed by atoms with Gasteiger partial charge in [0.05, 0.1) is 12.5 Å². The van der Waals surface area contributed by atoms with Gasteiger partial charge in [-0.2, -0.15) is 0 Å². The van der Waals surface area contributed by atoms with Crippen LogP contribution in [0.5, 0.6) is 0 Å². The van der Waals surface area contributed by atoms with Crippen molar-refractivity contribution in [3.8, 4) is 0 Å². The summed E-state index contributed by atoms with van der Waals surface area (Å²) < 4.78 is 5.23. The van der Waals surface area contributed by atoms with Gasteiger partial charge in [0, 0.05) is 30.0 Å². The topological polar surface area (TPSA) is 50.5 Å². The molecule has 0 bridgehead atoms. The van der Waals surface area contributed by atoms with Crippen molar-refractivity contribution in [1.29, 1.82) is 0 Å². The molecule has 1 aliphatic heterocycles. The summed E-state index contributed by atoms with van der Waals surface area (Å²) in [6.45, 7) is 1.69. The zero-order valence-corrected chi connectivity index (χ0v) is 10.3. The molecule has 6 heteroatoms. The lowest BCUT2D eigenvalue weighted by atomic mass is 10.2. The number of thiocarbonyl (C=S) groups is 1. The summed E-state index contributed by atoms with van der Waals surface area (Å²) in [5.41, 5.74) is 7.49. The SMILES string of the molecule is NC(=S)Nc1ccc(N2CCOSC2)cc1. The van der Waals surface area contributed by atoms with Gasteiger partial charge in [-0.25, -0.2) is 0 Å². The van der Waals surface area contributed by atoms with E-state index in [0.29, 0.717) is 0 Å². The molecule has 3 N–H and O–H groups in total. The molecule has 1 fully saturated rings. The molecule has 0 aromatic heterocycles. The van der Waals surface area contributed by atoms with Crippen LogP contribution in [0.3, 0.4) is 0 Å². The molecule has 1 heterocycles. The summed E-state index contributed by atoms with van der Waals surface area (Å²) in [6.07, 6.45) is 0. The first-order valence-corrected chi connectivity index (χ1v) is 6.23. The van der Waals surface area contributed by atoms with E-state index in [-0.39, 0.29) is 5.11 Å². The van der Waals surface area contributed by atoms with Crippen LogP contribution in [0.25, 0.3) is 0 Å². The standard InChI is InChI=1S/C10H13N3OS2/c11-10(15)12-8-1-3-9(4-2-8)13-5-6-14-16-7-13/h1-4H,5-7H2,(H3,11,12,15). The number of hydrogen-bond acceptors (Lipinski definition) is 4. The van der Waals surface area contributed by atoms with Gasteiger partial charge in [-0.1, -0.05) is 0 Å². The third-order valence-corrected chi connectivity index (χ3v) is 3.09. The molecule has 0 atom stereocenters. The van der Waals surface area contributed by atoms with Crippen LogP contribution in [0.2, 0.25) is 0 Å². The van der Waals surface area contributed by atoms with Crippen LogP contribution in [0.1, 0.15) is 0 Å². The van der Waals surface area contributed by atoms with E-state index in [2.05, 4.69) is 10.2 Å². The molecule has 1 saturated heterocycles. The Kier molecular flexibility index (Phi) is 3.87. The maximum Gasteiger partial charge on any atom is 0.168 e. The van der Waals surface area contributed by atoms with E-state index in [9.17, 15) is 0 Å². The molecule has 0 saturated carbocycles. The highest BCUT2D eigenvalue weighted by Crippen LogP contribution is 2.22. The summed E-state index contributed by atoms with van der Waals surface area (Å²) in [6, 6.07) is 8.03. The maximum atomic E-state index is 5.40. The molecular formula is C10H13N3OS2. The van der Waals surface area contributed by atoms with Crippen LogP contribution < -0.4 is 16.0 Å². The normalized spacial score (nSPS) is 15.9. The van der Waals surface area contributed by atoms with E-state index in [1.54, 1.807) is 0 Å². The van der Waals surface area contributed by atoms with Gasteiger partial charge in [-0.3, -0.25) is 0 Å². The van der Waals surface area contributed by atoms with Crippen molar-refractivity contribution in [3.63, 3.8) is 0 Å². The van der Waals surface area contributed by atoms with E-state index >= 15 is 0 Å². The van der Waals surface area contributed by atoms with Gasteiger partial charge in [0.1, 0.15) is 0 Å². The number of nitrogens with one attached hydrogen (secondary N) is 1. The van der Waals surface area contributed by atoms with E-state index in [1.807, 2.05) is 24.3 Å². The molecule has 0 aliphatic carbocycles. The number of rotatable bonds is 2. The molecule has 1 aliphatic rings. The number of nitrogens with zero attached hydrogens (tertiary/aromatic N) is 1. The van der Waals surface area contributed by atoms with Gasteiger partial charge >= 0.3 is 0 Å². The smallest absolute Gasteiger partial charge is 0.168 e. The molecule has 0 amide bonds. The molecule has 1 aromatic rings. The number of hydrogen-bond donors (Lipinski definition) is 2. The minimum Gasteiger partial charge on any atom is -0.376 e. The van der Waals surface area contributed by atoms with Crippen molar-refractivity contribution in [2.45, 2.75) is 0 Å². The zero-order chi connectivity index (χ0) is 11.4. The Morgan fingerprint density at radius 1 is 1.44 bits per heavy atom. The molecule has 16 heavy (non-hydrogen) atoms. The third kappa shape index (κ3) is 3.01. The summed E-state index contributed by atoms with van der Waals surface area (Å²) in [4.78, 5) is 2.26. The van der Waals surface area contributed by atoms with Gasteiger partial charge in [0.2, 0.25) is 0 Å². The molecule has 2 rings (SSSR count). The molecular weight excluding hydrogens is 242 g/mol. The predicted molar refractivity (Wildman–Crippen MR) is 72.6 cm³/mol. The predicted octanol–water partition coefficient (Wildman–Crippen LogP) is 1.78. The molecule has 0 unspecified atom stereocenters. The lowest BCUT2D eigenvalue weighted by Crippen LogP contribution is -2.30. The number of anilines is 2. The van der Waals surface area contributed by atoms with E-state index in [0.717, 1.165) is 24.7 Å². The van der Waals surface area contributed by atoms with Crippen molar-refractivity contribution in [2.24, 2.45) is 5.73 Å². The van der Waals surface area contributed by atoms with Crippen molar-refractivity contribution in [2.75, 3.05) is 29.2 Å². The van der Waals surface area contributed by atoms with E-state index in [1.165, 1.54) is 17.7 Å². The maximum absolute atomic E-state index is 5.40. The van der Waals surface area contributed by atoms with Crippen molar-refractivity contribution >= 4 is 40.7 Å². The fourth-order valence-corrected chi connectivity index (χ4v) is 2.26. The Morgan fingerprint density at radius 2 is 2.19 bits per heavy atom. The first kappa shape index (κ1) is 11.5. The Balaban J connectivity index is 2.03. The van der Waals surface area contributed by atoms with E-state index < -0.39 is 0 Å². The molecule has 0 spiro atoms. The highest BCUT2D eigenvalue weighted by atomic mass is 32.2. The van der Waals surface area contributed by atoms with Crippen LogP contribution in [-0.4, -0.2) is 24.1 Å². The fourth-order valence-electron chi connectivity index (χ4n) is 1.47. The number of nitrogens with two attached hydrogens (primary N) is 1. The average Bonchev–Trinajstić information content (AvgIpc) is 2.30. The van der Waals surface area contributed by atoms with Crippen molar-refractivity contribution < 1.29 is 4.18 Å². The Morgan fingerprint density at radius 3 is 2.75 bits per heavy atom. The van der Waals surface area contributed by atoms with Gasteiger partial charge in [-0.15, -0.1) is 0 Å². The van der Waals surface area contributed by atoms with Crippen LogP contribution in [0.15, 0.2) is 24.3 Å². The first-order chi connectivity index (χ1) is 7.75. The summed E-state index contributed by atoms with van der Waals surface area (Å²) in [5, 5.41) is 3.18. The summed E-state index contributed by atoms with van der Waals surface area (Å²) in [7, 11) is 0. The van der Waals surface area contributed by atoms with Crippen LogP contribution in [-0.2, 0) is 4.18 Å². The lowest BCUT2D eigenvalue weighted by Gasteiger charge is -2.27. The third-order valence-electron chi connectivity index (χ3n) is 2.24. The molecule has 86 valence electrons. The van der Waals surface area contributed by atoms with E-state index in [4.69, 9.17) is 22.1 Å². The minimum absolute atomic E-state index is 0.287.